The van der Waals surface area contributed by atoms with Crippen LogP contribution in [0.15, 0.2) is 12.1 Å². The molecule has 0 aliphatic heterocycles. The summed E-state index contributed by atoms with van der Waals surface area (Å²) >= 11 is 0. The van der Waals surface area contributed by atoms with Crippen LogP contribution in [0.3, 0.4) is 0 Å². The predicted octanol–water partition coefficient (Wildman–Crippen LogP) is 1.53. The molecule has 0 amide bonds. The molecule has 0 heterocycles. The average molecular weight is 269 g/mol. The number of hydrogen-bond donors (Lipinski definition) is 2. The van der Waals surface area contributed by atoms with Gasteiger partial charge >= 0.3 is 0 Å². The molecule has 0 fully saturated rings. The van der Waals surface area contributed by atoms with Gasteiger partial charge in [-0.15, -0.1) is 0 Å². The summed E-state index contributed by atoms with van der Waals surface area (Å²) < 4.78 is 15.9. The Labute approximate surface area is 114 Å². The van der Waals surface area contributed by atoms with Crippen molar-refractivity contribution in [2.24, 2.45) is 5.73 Å². The smallest absolute Gasteiger partial charge is 0.203 e. The molecule has 2 unspecified atom stereocenters. The van der Waals surface area contributed by atoms with Gasteiger partial charge in [-0.05, 0) is 43.5 Å². The highest BCUT2D eigenvalue weighted by Crippen LogP contribution is 2.40. The third-order valence-corrected chi connectivity index (χ3v) is 3.07. The molecule has 19 heavy (non-hydrogen) atoms. The number of hydrogen-bond acceptors (Lipinski definition) is 5. The summed E-state index contributed by atoms with van der Waals surface area (Å²) in [5.74, 6) is 1.80. The lowest BCUT2D eigenvalue weighted by molar-refractivity contribution is 0.175. The Hall–Kier alpha value is -1.46. The highest BCUT2D eigenvalue weighted by atomic mass is 16.5. The number of benzene rings is 1. The summed E-state index contributed by atoms with van der Waals surface area (Å²) in [5.41, 5.74) is 6.75. The normalized spacial score (nSPS) is 13.8. The third-order valence-electron chi connectivity index (χ3n) is 3.07. The van der Waals surface area contributed by atoms with Gasteiger partial charge in [-0.3, -0.25) is 0 Å². The Balaban J connectivity index is 3.20. The van der Waals surface area contributed by atoms with Crippen molar-refractivity contribution in [1.29, 1.82) is 0 Å². The van der Waals surface area contributed by atoms with Crippen LogP contribution in [0, 0.1) is 0 Å². The Bertz CT molecular complexity index is 381. The molecule has 3 N–H and O–H groups in total. The zero-order valence-electron chi connectivity index (χ0n) is 12.0. The molecule has 0 aliphatic carbocycles. The largest absolute Gasteiger partial charge is 0.493 e. The summed E-state index contributed by atoms with van der Waals surface area (Å²) in [5, 5.41) is 9.53. The van der Waals surface area contributed by atoms with Gasteiger partial charge in [0, 0.05) is 0 Å². The molecule has 1 aromatic rings. The van der Waals surface area contributed by atoms with Gasteiger partial charge in [0.05, 0.1) is 27.4 Å². The zero-order chi connectivity index (χ0) is 14.4. The van der Waals surface area contributed by atoms with E-state index in [1.165, 1.54) is 0 Å². The third kappa shape index (κ3) is 3.75. The van der Waals surface area contributed by atoms with Crippen molar-refractivity contribution in [3.8, 4) is 17.2 Å². The summed E-state index contributed by atoms with van der Waals surface area (Å²) in [6.07, 6.45) is 0.183. The van der Waals surface area contributed by atoms with Crippen LogP contribution in [-0.2, 0) is 0 Å². The van der Waals surface area contributed by atoms with Crippen LogP contribution in [0.1, 0.15) is 24.8 Å². The molecule has 0 saturated carbocycles. The number of rotatable bonds is 7. The van der Waals surface area contributed by atoms with Gasteiger partial charge in [0.2, 0.25) is 5.75 Å². The summed E-state index contributed by atoms with van der Waals surface area (Å²) in [4.78, 5) is 0. The second-order valence-electron chi connectivity index (χ2n) is 4.48. The van der Waals surface area contributed by atoms with E-state index in [2.05, 4.69) is 0 Å². The molecule has 0 bridgehead atoms. The van der Waals surface area contributed by atoms with E-state index in [0.717, 1.165) is 5.56 Å². The molecule has 0 aromatic heterocycles. The molecular weight excluding hydrogens is 246 g/mol. The summed E-state index contributed by atoms with van der Waals surface area (Å²) in [7, 11) is 4.72. The maximum atomic E-state index is 9.53. The van der Waals surface area contributed by atoms with E-state index in [9.17, 15) is 5.11 Å². The van der Waals surface area contributed by atoms with E-state index in [0.29, 0.717) is 30.2 Å². The Morgan fingerprint density at radius 3 is 1.95 bits per heavy atom. The quantitative estimate of drug-likeness (QED) is 0.785. The number of aliphatic hydroxyl groups is 1. The first-order valence-corrected chi connectivity index (χ1v) is 6.25. The van der Waals surface area contributed by atoms with Crippen LogP contribution in [0.2, 0.25) is 0 Å². The molecule has 0 saturated heterocycles. The standard InChI is InChI=1S/C14H23NO4/c1-9(16)5-11(8-15)10-6-12(17-2)14(19-4)13(7-10)18-3/h6-7,9,11,16H,5,8,15H2,1-4H3. The molecule has 0 aliphatic rings. The lowest BCUT2D eigenvalue weighted by atomic mass is 9.93. The fraction of sp³-hybridized carbons (Fsp3) is 0.571. The average Bonchev–Trinajstić information content (AvgIpc) is 2.42. The van der Waals surface area contributed by atoms with Crippen LogP contribution in [0.5, 0.6) is 17.2 Å². The first-order chi connectivity index (χ1) is 9.07. The van der Waals surface area contributed by atoms with Gasteiger partial charge in [-0.2, -0.15) is 0 Å². The lowest BCUT2D eigenvalue weighted by Crippen LogP contribution is -2.17. The molecular formula is C14H23NO4. The number of methoxy groups -OCH3 is 3. The van der Waals surface area contributed by atoms with E-state index in [4.69, 9.17) is 19.9 Å². The Morgan fingerprint density at radius 1 is 1.11 bits per heavy atom. The van der Waals surface area contributed by atoms with Gasteiger partial charge in [0.1, 0.15) is 0 Å². The van der Waals surface area contributed by atoms with Gasteiger partial charge in [0.15, 0.2) is 11.5 Å². The molecule has 0 spiro atoms. The minimum absolute atomic E-state index is 0.0497. The van der Waals surface area contributed by atoms with Crippen molar-refractivity contribution < 1.29 is 19.3 Å². The maximum absolute atomic E-state index is 9.53. The van der Waals surface area contributed by atoms with Crippen molar-refractivity contribution in [3.05, 3.63) is 17.7 Å². The maximum Gasteiger partial charge on any atom is 0.203 e. The molecule has 0 radical (unpaired) electrons. The van der Waals surface area contributed by atoms with Crippen molar-refractivity contribution >= 4 is 0 Å². The Morgan fingerprint density at radius 2 is 1.63 bits per heavy atom. The summed E-state index contributed by atoms with van der Waals surface area (Å²) in [6, 6.07) is 3.75. The number of nitrogens with two attached hydrogens (primary N) is 1. The van der Waals surface area contributed by atoms with E-state index in [1.54, 1.807) is 28.3 Å². The molecule has 1 rings (SSSR count). The molecule has 108 valence electrons. The van der Waals surface area contributed by atoms with Crippen molar-refractivity contribution in [1.82, 2.24) is 0 Å². The second-order valence-corrected chi connectivity index (χ2v) is 4.48. The molecule has 5 heteroatoms. The monoisotopic (exact) mass is 269 g/mol. The molecule has 5 nitrogen and oxygen atoms in total. The highest BCUT2D eigenvalue weighted by molar-refractivity contribution is 5.54. The topological polar surface area (TPSA) is 73.9 Å². The minimum atomic E-state index is -0.410. The van der Waals surface area contributed by atoms with E-state index >= 15 is 0 Å². The van der Waals surface area contributed by atoms with Crippen LogP contribution in [0.25, 0.3) is 0 Å². The first-order valence-electron chi connectivity index (χ1n) is 6.25. The Kier molecular flexibility index (Phi) is 5.92. The van der Waals surface area contributed by atoms with Crippen LogP contribution >= 0.6 is 0 Å². The van der Waals surface area contributed by atoms with Crippen LogP contribution < -0.4 is 19.9 Å². The molecule has 1 aromatic carbocycles. The van der Waals surface area contributed by atoms with Gasteiger partial charge in [-0.1, -0.05) is 0 Å². The minimum Gasteiger partial charge on any atom is -0.493 e. The van der Waals surface area contributed by atoms with E-state index in [1.807, 2.05) is 12.1 Å². The first kappa shape index (κ1) is 15.6. The zero-order valence-corrected chi connectivity index (χ0v) is 12.0. The van der Waals surface area contributed by atoms with E-state index in [-0.39, 0.29) is 5.92 Å². The van der Waals surface area contributed by atoms with Crippen molar-refractivity contribution in [2.75, 3.05) is 27.9 Å². The van der Waals surface area contributed by atoms with Gasteiger partial charge < -0.3 is 25.1 Å². The fourth-order valence-electron chi connectivity index (χ4n) is 2.12. The predicted molar refractivity (Wildman–Crippen MR) is 74.2 cm³/mol. The second kappa shape index (κ2) is 7.21. The van der Waals surface area contributed by atoms with Crippen LogP contribution in [0.4, 0.5) is 0 Å². The SMILES string of the molecule is COc1cc(C(CN)CC(C)O)cc(OC)c1OC. The van der Waals surface area contributed by atoms with Crippen molar-refractivity contribution in [2.45, 2.75) is 25.4 Å². The van der Waals surface area contributed by atoms with E-state index < -0.39 is 6.10 Å². The van der Waals surface area contributed by atoms with Gasteiger partial charge in [-0.25, -0.2) is 0 Å². The van der Waals surface area contributed by atoms with Crippen molar-refractivity contribution in [3.63, 3.8) is 0 Å². The van der Waals surface area contributed by atoms with Gasteiger partial charge in [0.25, 0.3) is 0 Å². The van der Waals surface area contributed by atoms with Crippen LogP contribution in [-0.4, -0.2) is 39.1 Å². The lowest BCUT2D eigenvalue weighted by Gasteiger charge is -2.20. The fourth-order valence-corrected chi connectivity index (χ4v) is 2.12. The highest BCUT2D eigenvalue weighted by Gasteiger charge is 2.19. The molecule has 2 atom stereocenters. The number of aliphatic hydroxyl groups excluding tert-OH is 1. The number of ether oxygens (including phenoxy) is 3. The summed E-state index contributed by atoms with van der Waals surface area (Å²) in [6.45, 7) is 2.20.